The minimum atomic E-state index is -0.399. The number of non-ortho nitro benzene ring substituents is 1. The lowest BCUT2D eigenvalue weighted by atomic mass is 10.1. The average Bonchev–Trinajstić information content (AvgIpc) is 2.85. The van der Waals surface area contributed by atoms with Crippen molar-refractivity contribution in [1.82, 2.24) is 20.1 Å². The highest BCUT2D eigenvalue weighted by atomic mass is 16.6. The molecule has 2 aromatic rings. The maximum absolute atomic E-state index is 10.6. The van der Waals surface area contributed by atoms with Crippen LogP contribution in [0.3, 0.4) is 0 Å². The summed E-state index contributed by atoms with van der Waals surface area (Å²) in [5, 5.41) is 21.9. The lowest BCUT2D eigenvalue weighted by Gasteiger charge is -2.19. The minimum absolute atomic E-state index is 0.0349. The van der Waals surface area contributed by atoms with Gasteiger partial charge in [0.1, 0.15) is 12.2 Å². The van der Waals surface area contributed by atoms with Crippen molar-refractivity contribution in [2.45, 2.75) is 25.9 Å². The Morgan fingerprint density at radius 3 is 2.40 bits per heavy atom. The summed E-state index contributed by atoms with van der Waals surface area (Å²) in [5.74, 6) is 0.846. The summed E-state index contributed by atoms with van der Waals surface area (Å²) in [6, 6.07) is 6.65. The third kappa shape index (κ3) is 3.00. The van der Waals surface area contributed by atoms with Gasteiger partial charge in [-0.2, -0.15) is 0 Å². The lowest BCUT2D eigenvalue weighted by molar-refractivity contribution is -0.384. The molecule has 1 heterocycles. The van der Waals surface area contributed by atoms with Crippen molar-refractivity contribution in [3.63, 3.8) is 0 Å². The zero-order chi connectivity index (χ0) is 14.7. The normalized spacial score (nSPS) is 13.9. The summed E-state index contributed by atoms with van der Waals surface area (Å²) in [4.78, 5) is 10.2. The minimum Gasteiger partial charge on any atom is -0.319 e. The number of aromatic nitrogens is 3. The van der Waals surface area contributed by atoms with Gasteiger partial charge in [-0.15, -0.1) is 10.2 Å². The van der Waals surface area contributed by atoms with Gasteiger partial charge in [0.25, 0.3) is 5.69 Å². The van der Waals surface area contributed by atoms with Crippen molar-refractivity contribution in [3.05, 3.63) is 52.1 Å². The fraction of sp³-hybridized carbons (Fsp3) is 0.385. The highest BCUT2D eigenvalue weighted by Crippen LogP contribution is 2.20. The first-order valence-electron chi connectivity index (χ1n) is 6.33. The molecule has 0 fully saturated rings. The number of aryl methyl sites for hydroxylation is 1. The van der Waals surface area contributed by atoms with Crippen LogP contribution in [0.1, 0.15) is 37.3 Å². The van der Waals surface area contributed by atoms with Crippen molar-refractivity contribution in [1.29, 1.82) is 0 Å². The molecule has 0 spiro atoms. The fourth-order valence-electron chi connectivity index (χ4n) is 2.11. The van der Waals surface area contributed by atoms with Crippen LogP contribution < -0.4 is 5.32 Å². The Morgan fingerprint density at radius 2 is 1.90 bits per heavy atom. The molecule has 1 N–H and O–H groups in total. The second-order valence-electron chi connectivity index (χ2n) is 4.76. The first-order chi connectivity index (χ1) is 9.49. The smallest absolute Gasteiger partial charge is 0.269 e. The summed E-state index contributed by atoms with van der Waals surface area (Å²) < 4.78 is 1.86. The van der Waals surface area contributed by atoms with Gasteiger partial charge in [0.2, 0.25) is 0 Å². The summed E-state index contributed by atoms with van der Waals surface area (Å²) in [6.07, 6.45) is 1.66. The van der Waals surface area contributed by atoms with Crippen molar-refractivity contribution >= 4 is 5.69 Å². The molecule has 2 atom stereocenters. The van der Waals surface area contributed by atoms with Crippen LogP contribution in [-0.4, -0.2) is 19.7 Å². The van der Waals surface area contributed by atoms with E-state index in [0.29, 0.717) is 0 Å². The van der Waals surface area contributed by atoms with Gasteiger partial charge in [0.15, 0.2) is 0 Å². The van der Waals surface area contributed by atoms with Crippen LogP contribution in [0, 0.1) is 10.1 Å². The highest BCUT2D eigenvalue weighted by Gasteiger charge is 2.15. The van der Waals surface area contributed by atoms with Crippen molar-refractivity contribution < 1.29 is 4.92 Å². The van der Waals surface area contributed by atoms with E-state index in [-0.39, 0.29) is 17.8 Å². The van der Waals surface area contributed by atoms with Crippen molar-refractivity contribution in [3.8, 4) is 0 Å². The SMILES string of the molecule is CC(NC(C)c1nncn1C)c1ccc([N+](=O)[O-])cc1. The van der Waals surface area contributed by atoms with Crippen LogP contribution in [0.2, 0.25) is 0 Å². The van der Waals surface area contributed by atoms with E-state index < -0.39 is 4.92 Å². The van der Waals surface area contributed by atoms with E-state index in [1.54, 1.807) is 18.5 Å². The Balaban J connectivity index is 2.06. The number of nitro benzene ring substituents is 1. The standard InChI is InChI=1S/C13H17N5O2/c1-9(11-4-6-12(7-5-11)18(19)20)15-10(2)13-16-14-8-17(13)3/h4-10,15H,1-3H3. The molecule has 0 aliphatic heterocycles. The molecule has 0 amide bonds. The number of nitrogens with zero attached hydrogens (tertiary/aromatic N) is 4. The Hall–Kier alpha value is -2.28. The molecular weight excluding hydrogens is 258 g/mol. The predicted octanol–water partition coefficient (Wildman–Crippen LogP) is 2.14. The zero-order valence-electron chi connectivity index (χ0n) is 11.6. The van der Waals surface area contributed by atoms with Crippen molar-refractivity contribution in [2.75, 3.05) is 0 Å². The third-order valence-corrected chi connectivity index (χ3v) is 3.24. The Labute approximate surface area is 116 Å². The number of nitrogens with one attached hydrogen (secondary N) is 1. The average molecular weight is 275 g/mol. The van der Waals surface area contributed by atoms with Crippen LogP contribution in [0.15, 0.2) is 30.6 Å². The van der Waals surface area contributed by atoms with Crippen LogP contribution in [0.4, 0.5) is 5.69 Å². The van der Waals surface area contributed by atoms with Crippen molar-refractivity contribution in [2.24, 2.45) is 7.05 Å². The van der Waals surface area contributed by atoms with Gasteiger partial charge in [-0.05, 0) is 19.4 Å². The molecule has 7 nitrogen and oxygen atoms in total. The third-order valence-electron chi connectivity index (χ3n) is 3.24. The lowest BCUT2D eigenvalue weighted by Crippen LogP contribution is -2.24. The molecule has 106 valence electrons. The Morgan fingerprint density at radius 1 is 1.25 bits per heavy atom. The molecule has 0 aliphatic carbocycles. The van der Waals surface area contributed by atoms with E-state index >= 15 is 0 Å². The van der Waals surface area contributed by atoms with E-state index in [4.69, 9.17) is 0 Å². The number of hydrogen-bond acceptors (Lipinski definition) is 5. The molecule has 2 unspecified atom stereocenters. The molecule has 2 rings (SSSR count). The van der Waals surface area contributed by atoms with E-state index in [2.05, 4.69) is 15.5 Å². The van der Waals surface area contributed by atoms with Crippen LogP contribution in [0.25, 0.3) is 0 Å². The van der Waals surface area contributed by atoms with Crippen LogP contribution in [-0.2, 0) is 7.05 Å². The van der Waals surface area contributed by atoms with Gasteiger partial charge >= 0.3 is 0 Å². The van der Waals surface area contributed by atoms with E-state index in [1.165, 1.54) is 12.1 Å². The topological polar surface area (TPSA) is 85.9 Å². The first-order valence-corrected chi connectivity index (χ1v) is 6.33. The Bertz CT molecular complexity index is 593. The number of benzene rings is 1. The fourth-order valence-corrected chi connectivity index (χ4v) is 2.11. The second-order valence-corrected chi connectivity index (χ2v) is 4.76. The molecule has 0 saturated carbocycles. The molecule has 0 radical (unpaired) electrons. The molecule has 0 saturated heterocycles. The summed E-state index contributed by atoms with van der Waals surface area (Å²) in [5.41, 5.74) is 1.09. The van der Waals surface area contributed by atoms with Crippen LogP contribution in [0.5, 0.6) is 0 Å². The summed E-state index contributed by atoms with van der Waals surface area (Å²) >= 11 is 0. The Kier molecular flexibility index (Phi) is 4.09. The van der Waals surface area contributed by atoms with Gasteiger partial charge in [0.05, 0.1) is 11.0 Å². The zero-order valence-corrected chi connectivity index (χ0v) is 11.6. The summed E-state index contributed by atoms with van der Waals surface area (Å²) in [6.45, 7) is 4.01. The van der Waals surface area contributed by atoms with Gasteiger partial charge in [-0.3, -0.25) is 10.1 Å². The van der Waals surface area contributed by atoms with Crippen LogP contribution >= 0.6 is 0 Å². The predicted molar refractivity (Wildman–Crippen MR) is 74.1 cm³/mol. The molecular formula is C13H17N5O2. The van der Waals surface area contributed by atoms with E-state index in [9.17, 15) is 10.1 Å². The molecule has 7 heteroatoms. The van der Waals surface area contributed by atoms with Gasteiger partial charge in [-0.25, -0.2) is 0 Å². The summed E-state index contributed by atoms with van der Waals surface area (Å²) in [7, 11) is 1.89. The molecule has 20 heavy (non-hydrogen) atoms. The number of nitro groups is 1. The molecule has 0 bridgehead atoms. The quantitative estimate of drug-likeness (QED) is 0.667. The van der Waals surface area contributed by atoms with E-state index in [0.717, 1.165) is 11.4 Å². The van der Waals surface area contributed by atoms with E-state index in [1.807, 2.05) is 25.5 Å². The number of rotatable bonds is 5. The number of hydrogen-bond donors (Lipinski definition) is 1. The van der Waals surface area contributed by atoms with Gasteiger partial charge in [0, 0.05) is 25.2 Å². The van der Waals surface area contributed by atoms with Gasteiger partial charge < -0.3 is 9.88 Å². The molecule has 0 aliphatic rings. The monoisotopic (exact) mass is 275 g/mol. The molecule has 1 aromatic carbocycles. The van der Waals surface area contributed by atoms with Gasteiger partial charge in [-0.1, -0.05) is 12.1 Å². The maximum Gasteiger partial charge on any atom is 0.269 e. The highest BCUT2D eigenvalue weighted by molar-refractivity contribution is 5.34. The second kappa shape index (κ2) is 5.79. The first kappa shape index (κ1) is 14.1. The largest absolute Gasteiger partial charge is 0.319 e. The molecule has 1 aromatic heterocycles. The maximum atomic E-state index is 10.6.